The summed E-state index contributed by atoms with van der Waals surface area (Å²) in [7, 11) is -3.50. The highest BCUT2D eigenvalue weighted by atomic mass is 32.2. The van der Waals surface area contributed by atoms with Gasteiger partial charge in [0.15, 0.2) is 5.82 Å². The second-order valence-corrected chi connectivity index (χ2v) is 7.03. The molecule has 124 valence electrons. The van der Waals surface area contributed by atoms with E-state index in [0.29, 0.717) is 11.3 Å². The number of hydrogen-bond acceptors (Lipinski definition) is 4. The number of hydrogen-bond donors (Lipinski definition) is 3. The smallest absolute Gasteiger partial charge is 0.243 e. The summed E-state index contributed by atoms with van der Waals surface area (Å²) in [6, 6.07) is 5.17. The van der Waals surface area contributed by atoms with Crippen LogP contribution in [0.2, 0.25) is 0 Å². The molecule has 0 saturated carbocycles. The van der Waals surface area contributed by atoms with Crippen molar-refractivity contribution in [2.24, 2.45) is 0 Å². The number of carbonyl (C=O) groups is 1. The van der Waals surface area contributed by atoms with Gasteiger partial charge in [-0.3, -0.25) is 9.89 Å². The summed E-state index contributed by atoms with van der Waals surface area (Å²) in [4.78, 5) is 11.9. The summed E-state index contributed by atoms with van der Waals surface area (Å²) < 4.78 is 38.2. The van der Waals surface area contributed by atoms with E-state index in [1.807, 2.05) is 6.92 Å². The van der Waals surface area contributed by atoms with Crippen LogP contribution in [0.5, 0.6) is 0 Å². The monoisotopic (exact) mass is 340 g/mol. The van der Waals surface area contributed by atoms with Gasteiger partial charge in [0.05, 0.1) is 18.0 Å². The molecule has 1 aromatic heterocycles. The maximum atomic E-state index is 13.8. The highest BCUT2D eigenvalue weighted by molar-refractivity contribution is 7.88. The molecule has 0 spiro atoms. The van der Waals surface area contributed by atoms with Crippen LogP contribution in [-0.2, 0) is 14.8 Å². The van der Waals surface area contributed by atoms with Crippen LogP contribution < -0.4 is 10.0 Å². The Bertz CT molecular complexity index is 832. The standard InChI is InChI=1S/C14H17FN4O3S/c1-8-4-5-11(15)10(6-8)12-7-13(18-17-12)16-14(20)9(2)19-23(3,21)22/h4-7,9,19H,1-3H3,(H2,16,17,18,20)/t9-/m1/s1. The Labute approximate surface area is 133 Å². The van der Waals surface area contributed by atoms with E-state index in [1.54, 1.807) is 12.1 Å². The lowest BCUT2D eigenvalue weighted by atomic mass is 10.1. The molecule has 0 fully saturated rings. The predicted molar refractivity (Wildman–Crippen MR) is 84.8 cm³/mol. The van der Waals surface area contributed by atoms with Crippen molar-refractivity contribution in [3.05, 3.63) is 35.6 Å². The van der Waals surface area contributed by atoms with Crippen LogP contribution in [0.1, 0.15) is 12.5 Å². The van der Waals surface area contributed by atoms with Crippen LogP contribution in [0.3, 0.4) is 0 Å². The molecule has 1 aromatic carbocycles. The Hall–Kier alpha value is -2.26. The Morgan fingerprint density at radius 2 is 2.04 bits per heavy atom. The lowest BCUT2D eigenvalue weighted by Crippen LogP contribution is -2.41. The van der Waals surface area contributed by atoms with Crippen LogP contribution in [0.4, 0.5) is 10.2 Å². The van der Waals surface area contributed by atoms with Gasteiger partial charge in [0, 0.05) is 11.6 Å². The van der Waals surface area contributed by atoms with Crippen LogP contribution in [0.15, 0.2) is 24.3 Å². The van der Waals surface area contributed by atoms with Gasteiger partial charge in [0.1, 0.15) is 5.82 Å². The van der Waals surface area contributed by atoms with E-state index in [1.165, 1.54) is 19.1 Å². The molecule has 0 saturated heterocycles. The highest BCUT2D eigenvalue weighted by Gasteiger charge is 2.18. The van der Waals surface area contributed by atoms with E-state index < -0.39 is 27.8 Å². The minimum Gasteiger partial charge on any atom is -0.308 e. The van der Waals surface area contributed by atoms with Gasteiger partial charge in [-0.2, -0.15) is 5.10 Å². The van der Waals surface area contributed by atoms with Crippen molar-refractivity contribution in [3.8, 4) is 11.3 Å². The molecular weight excluding hydrogens is 323 g/mol. The lowest BCUT2D eigenvalue weighted by Gasteiger charge is -2.10. The molecule has 2 aromatic rings. The fraction of sp³-hybridized carbons (Fsp3) is 0.286. The highest BCUT2D eigenvalue weighted by Crippen LogP contribution is 2.24. The normalized spacial score (nSPS) is 12.9. The van der Waals surface area contributed by atoms with E-state index in [-0.39, 0.29) is 5.82 Å². The number of carbonyl (C=O) groups excluding carboxylic acids is 1. The zero-order valence-corrected chi connectivity index (χ0v) is 13.7. The number of amides is 1. The van der Waals surface area contributed by atoms with Crippen molar-refractivity contribution in [2.45, 2.75) is 19.9 Å². The molecule has 0 aliphatic carbocycles. The quantitative estimate of drug-likeness (QED) is 0.765. The van der Waals surface area contributed by atoms with Crippen molar-refractivity contribution in [1.82, 2.24) is 14.9 Å². The number of aromatic amines is 1. The molecule has 9 heteroatoms. The van der Waals surface area contributed by atoms with E-state index in [9.17, 15) is 17.6 Å². The van der Waals surface area contributed by atoms with Gasteiger partial charge in [-0.1, -0.05) is 11.6 Å². The molecule has 0 radical (unpaired) electrons. The Balaban J connectivity index is 2.14. The average Bonchev–Trinajstić information content (AvgIpc) is 2.88. The van der Waals surface area contributed by atoms with Gasteiger partial charge < -0.3 is 5.32 Å². The zero-order valence-electron chi connectivity index (χ0n) is 12.8. The molecule has 23 heavy (non-hydrogen) atoms. The minimum atomic E-state index is -3.50. The maximum Gasteiger partial charge on any atom is 0.243 e. The summed E-state index contributed by atoms with van der Waals surface area (Å²) in [5.41, 5.74) is 1.62. The van der Waals surface area contributed by atoms with Gasteiger partial charge >= 0.3 is 0 Å². The fourth-order valence-electron chi connectivity index (χ4n) is 1.98. The molecule has 0 unspecified atom stereocenters. The maximum absolute atomic E-state index is 13.8. The molecule has 7 nitrogen and oxygen atoms in total. The van der Waals surface area contributed by atoms with Crippen molar-refractivity contribution >= 4 is 21.7 Å². The number of rotatable bonds is 5. The van der Waals surface area contributed by atoms with Crippen molar-refractivity contribution in [3.63, 3.8) is 0 Å². The molecule has 0 bridgehead atoms. The van der Waals surface area contributed by atoms with Crippen molar-refractivity contribution in [2.75, 3.05) is 11.6 Å². The summed E-state index contributed by atoms with van der Waals surface area (Å²) in [6.07, 6.45) is 0.962. The summed E-state index contributed by atoms with van der Waals surface area (Å²) in [5, 5.41) is 8.98. The SMILES string of the molecule is Cc1ccc(F)c(-c2cc(NC(=O)[C@@H](C)NS(C)(=O)=O)n[nH]2)c1. The number of benzene rings is 1. The summed E-state index contributed by atoms with van der Waals surface area (Å²) in [6.45, 7) is 3.24. The fourth-order valence-corrected chi connectivity index (χ4v) is 2.73. The first kappa shape index (κ1) is 17.1. The zero-order chi connectivity index (χ0) is 17.2. The number of sulfonamides is 1. The molecule has 1 amide bonds. The molecule has 3 N–H and O–H groups in total. The first-order valence-electron chi connectivity index (χ1n) is 6.76. The van der Waals surface area contributed by atoms with Gasteiger partial charge in [-0.05, 0) is 26.0 Å². The largest absolute Gasteiger partial charge is 0.308 e. The number of H-pyrrole nitrogens is 1. The first-order chi connectivity index (χ1) is 10.7. The third kappa shape index (κ3) is 4.60. The topological polar surface area (TPSA) is 104 Å². The Morgan fingerprint density at radius 1 is 1.35 bits per heavy atom. The van der Waals surface area contributed by atoms with Gasteiger partial charge in [0.25, 0.3) is 0 Å². The number of aryl methyl sites for hydroxylation is 1. The Morgan fingerprint density at radius 3 is 2.70 bits per heavy atom. The predicted octanol–water partition coefficient (Wildman–Crippen LogP) is 1.40. The van der Waals surface area contributed by atoms with Crippen molar-refractivity contribution in [1.29, 1.82) is 0 Å². The van der Waals surface area contributed by atoms with Gasteiger partial charge in [0.2, 0.25) is 15.9 Å². The van der Waals surface area contributed by atoms with E-state index >= 15 is 0 Å². The number of anilines is 1. The molecule has 0 aliphatic heterocycles. The van der Waals surface area contributed by atoms with Crippen LogP contribution in [-0.4, -0.2) is 36.8 Å². The second kappa shape index (κ2) is 6.47. The van der Waals surface area contributed by atoms with Gasteiger partial charge in [-0.25, -0.2) is 17.5 Å². The minimum absolute atomic E-state index is 0.174. The summed E-state index contributed by atoms with van der Waals surface area (Å²) >= 11 is 0. The first-order valence-corrected chi connectivity index (χ1v) is 8.65. The third-order valence-corrected chi connectivity index (χ3v) is 3.81. The summed E-state index contributed by atoms with van der Waals surface area (Å²) in [5.74, 6) is -0.810. The molecule has 1 atom stereocenters. The third-order valence-electron chi connectivity index (χ3n) is 3.03. The van der Waals surface area contributed by atoms with Crippen LogP contribution >= 0.6 is 0 Å². The number of aromatic nitrogens is 2. The Kier molecular flexibility index (Phi) is 4.81. The molecular formula is C14H17FN4O3S. The van der Waals surface area contributed by atoms with Crippen LogP contribution in [0, 0.1) is 12.7 Å². The van der Waals surface area contributed by atoms with E-state index in [4.69, 9.17) is 0 Å². The lowest BCUT2D eigenvalue weighted by molar-refractivity contribution is -0.117. The number of halogens is 1. The van der Waals surface area contributed by atoms with Crippen LogP contribution in [0.25, 0.3) is 11.3 Å². The van der Waals surface area contributed by atoms with E-state index in [0.717, 1.165) is 11.8 Å². The number of nitrogens with zero attached hydrogens (tertiary/aromatic N) is 1. The second-order valence-electron chi connectivity index (χ2n) is 5.25. The average molecular weight is 340 g/mol. The van der Waals surface area contributed by atoms with Crippen molar-refractivity contribution < 1.29 is 17.6 Å². The molecule has 2 rings (SSSR count). The molecule has 0 aliphatic rings. The van der Waals surface area contributed by atoms with Gasteiger partial charge in [-0.15, -0.1) is 0 Å². The van der Waals surface area contributed by atoms with E-state index in [2.05, 4.69) is 20.2 Å². The number of nitrogens with one attached hydrogen (secondary N) is 3. The molecule has 1 heterocycles.